The fourth-order valence-corrected chi connectivity index (χ4v) is 2.72. The van der Waals surface area contributed by atoms with Crippen LogP contribution in [0.25, 0.3) is 0 Å². The summed E-state index contributed by atoms with van der Waals surface area (Å²) in [6, 6.07) is 4.05. The van der Waals surface area contributed by atoms with E-state index in [1.807, 2.05) is 0 Å². The first-order chi connectivity index (χ1) is 13.0. The van der Waals surface area contributed by atoms with E-state index in [2.05, 4.69) is 4.98 Å². The summed E-state index contributed by atoms with van der Waals surface area (Å²) < 4.78 is 47.7. The highest BCUT2D eigenvalue weighted by molar-refractivity contribution is 6.04. The van der Waals surface area contributed by atoms with E-state index in [1.165, 1.54) is 13.0 Å². The van der Waals surface area contributed by atoms with Gasteiger partial charge in [0.2, 0.25) is 5.78 Å². The normalized spacial score (nSPS) is 11.2. The first kappa shape index (κ1) is 21.2. The van der Waals surface area contributed by atoms with Gasteiger partial charge in [0.1, 0.15) is 5.75 Å². The number of H-pyrrole nitrogens is 1. The van der Waals surface area contributed by atoms with Crippen molar-refractivity contribution in [1.82, 2.24) is 4.98 Å². The van der Waals surface area contributed by atoms with E-state index in [9.17, 15) is 27.6 Å². The molecule has 6 nitrogen and oxygen atoms in total. The molecule has 1 heterocycles. The largest absolute Gasteiger partial charge is 0.482 e. The number of nitrogens with one attached hydrogen (secondary N) is 1. The minimum atomic E-state index is -4.53. The number of rotatable bonds is 7. The fraction of sp³-hybridized carbons (Fsp3) is 0.316. The third kappa shape index (κ3) is 4.99. The molecule has 0 spiro atoms. The minimum Gasteiger partial charge on any atom is -0.482 e. The monoisotopic (exact) mass is 397 g/mol. The van der Waals surface area contributed by atoms with Crippen LogP contribution >= 0.6 is 0 Å². The number of hydrogen-bond acceptors (Lipinski definition) is 5. The first-order valence-corrected chi connectivity index (χ1v) is 8.19. The number of aromatic amines is 1. The average molecular weight is 397 g/mol. The third-order valence-electron chi connectivity index (χ3n) is 3.95. The molecule has 0 unspecified atom stereocenters. The van der Waals surface area contributed by atoms with E-state index in [4.69, 9.17) is 9.47 Å². The number of carbonyl (C=O) groups is 3. The summed E-state index contributed by atoms with van der Waals surface area (Å²) in [7, 11) is 0. The van der Waals surface area contributed by atoms with Gasteiger partial charge in [-0.3, -0.25) is 9.59 Å². The second kappa shape index (κ2) is 8.28. The smallest absolute Gasteiger partial charge is 0.416 e. The van der Waals surface area contributed by atoms with Crippen LogP contribution in [0.4, 0.5) is 13.2 Å². The van der Waals surface area contributed by atoms with E-state index in [0.717, 1.165) is 18.2 Å². The van der Waals surface area contributed by atoms with Crippen molar-refractivity contribution in [3.8, 4) is 5.75 Å². The predicted octanol–water partition coefficient (Wildman–Crippen LogP) is 3.66. The number of alkyl halides is 3. The van der Waals surface area contributed by atoms with E-state index < -0.39 is 36.7 Å². The highest BCUT2D eigenvalue weighted by Gasteiger charge is 2.30. The molecule has 0 amide bonds. The summed E-state index contributed by atoms with van der Waals surface area (Å²) in [6.45, 7) is 3.38. The van der Waals surface area contributed by atoms with Crippen molar-refractivity contribution in [2.75, 3.05) is 13.2 Å². The molecule has 0 aliphatic rings. The highest BCUT2D eigenvalue weighted by atomic mass is 19.4. The molecule has 0 saturated carbocycles. The molecule has 9 heteroatoms. The Labute approximate surface area is 158 Å². The second-order valence-electron chi connectivity index (χ2n) is 6.08. The van der Waals surface area contributed by atoms with Crippen molar-refractivity contribution in [1.29, 1.82) is 0 Å². The summed E-state index contributed by atoms with van der Waals surface area (Å²) in [5, 5.41) is 0. The Hall–Kier alpha value is -3.10. The number of benzene rings is 1. The molecule has 2 rings (SSSR count). The van der Waals surface area contributed by atoms with Crippen LogP contribution in [0.5, 0.6) is 5.75 Å². The van der Waals surface area contributed by atoms with Crippen LogP contribution in [-0.2, 0) is 15.7 Å². The Morgan fingerprint density at radius 1 is 1.11 bits per heavy atom. The van der Waals surface area contributed by atoms with Crippen molar-refractivity contribution >= 4 is 17.5 Å². The number of ketones is 2. The molecule has 0 radical (unpaired) electrons. The van der Waals surface area contributed by atoms with Crippen LogP contribution in [0.3, 0.4) is 0 Å². The number of Topliss-reactive ketones (excluding diaryl/α,β-unsaturated/α-hetero) is 2. The fourth-order valence-electron chi connectivity index (χ4n) is 2.72. The van der Waals surface area contributed by atoms with Gasteiger partial charge in [-0.1, -0.05) is 6.07 Å². The van der Waals surface area contributed by atoms with E-state index in [0.29, 0.717) is 16.8 Å². The Kier molecular flexibility index (Phi) is 6.27. The van der Waals surface area contributed by atoms with Gasteiger partial charge >= 0.3 is 12.1 Å². The van der Waals surface area contributed by atoms with Crippen LogP contribution in [0.2, 0.25) is 0 Å². The van der Waals surface area contributed by atoms with Crippen molar-refractivity contribution in [3.05, 3.63) is 52.3 Å². The zero-order valence-corrected chi connectivity index (χ0v) is 15.4. The lowest BCUT2D eigenvalue weighted by atomic mass is 10.1. The molecule has 1 aromatic heterocycles. The van der Waals surface area contributed by atoms with Gasteiger partial charge in [0.05, 0.1) is 11.3 Å². The summed E-state index contributed by atoms with van der Waals surface area (Å²) in [5.41, 5.74) is 0.656. The maximum atomic E-state index is 12.6. The van der Waals surface area contributed by atoms with Gasteiger partial charge in [0.15, 0.2) is 19.0 Å². The molecule has 0 saturated heterocycles. The van der Waals surface area contributed by atoms with Gasteiger partial charge in [-0.25, -0.2) is 4.79 Å². The lowest BCUT2D eigenvalue weighted by Crippen LogP contribution is -2.20. The van der Waals surface area contributed by atoms with Crippen molar-refractivity contribution in [2.45, 2.75) is 26.9 Å². The number of carbonyl (C=O) groups excluding carboxylic acids is 3. The number of hydrogen-bond donors (Lipinski definition) is 1. The molecule has 1 N–H and O–H groups in total. The van der Waals surface area contributed by atoms with Crippen LogP contribution in [0, 0.1) is 13.8 Å². The first-order valence-electron chi connectivity index (χ1n) is 8.19. The molecular formula is C19H18F3NO5. The van der Waals surface area contributed by atoms with Gasteiger partial charge in [-0.15, -0.1) is 0 Å². The molecule has 0 aliphatic heterocycles. The number of aryl methyl sites for hydroxylation is 1. The summed E-state index contributed by atoms with van der Waals surface area (Å²) >= 11 is 0. The Bertz CT molecular complexity index is 915. The van der Waals surface area contributed by atoms with E-state index >= 15 is 0 Å². The van der Waals surface area contributed by atoms with Crippen LogP contribution in [0.15, 0.2) is 24.3 Å². The van der Waals surface area contributed by atoms with Gasteiger partial charge in [0.25, 0.3) is 0 Å². The molecular weight excluding hydrogens is 379 g/mol. The summed E-state index contributed by atoms with van der Waals surface area (Å²) in [5.74, 6) is -1.81. The van der Waals surface area contributed by atoms with Crippen LogP contribution < -0.4 is 4.74 Å². The van der Waals surface area contributed by atoms with Crippen LogP contribution in [-0.4, -0.2) is 35.7 Å². The Morgan fingerprint density at radius 3 is 2.36 bits per heavy atom. The van der Waals surface area contributed by atoms with Crippen molar-refractivity contribution in [3.63, 3.8) is 0 Å². The van der Waals surface area contributed by atoms with Crippen LogP contribution in [0.1, 0.15) is 44.6 Å². The maximum Gasteiger partial charge on any atom is 0.416 e. The summed E-state index contributed by atoms with van der Waals surface area (Å²) in [4.78, 5) is 38.3. The average Bonchev–Trinajstić information content (AvgIpc) is 2.92. The quantitative estimate of drug-likeness (QED) is 0.569. The Morgan fingerprint density at radius 2 is 1.79 bits per heavy atom. The Balaban J connectivity index is 1.92. The molecule has 0 bridgehead atoms. The zero-order valence-electron chi connectivity index (χ0n) is 15.4. The lowest BCUT2D eigenvalue weighted by Gasteiger charge is -2.10. The molecule has 0 atom stereocenters. The molecule has 150 valence electrons. The topological polar surface area (TPSA) is 85.5 Å². The second-order valence-corrected chi connectivity index (χ2v) is 6.08. The molecule has 0 aliphatic carbocycles. The number of esters is 1. The molecule has 28 heavy (non-hydrogen) atoms. The third-order valence-corrected chi connectivity index (χ3v) is 3.95. The number of aromatic nitrogens is 1. The number of halogens is 3. The SMILES string of the molecule is CC(=O)c1c(C)[nH]c(C(=O)COC(=O)COc2cccc(C(F)(F)F)c2)c1C. The molecule has 2 aromatic rings. The number of ether oxygens (including phenoxy) is 2. The van der Waals surface area contributed by atoms with E-state index in [1.54, 1.807) is 13.8 Å². The summed E-state index contributed by atoms with van der Waals surface area (Å²) in [6.07, 6.45) is -4.53. The van der Waals surface area contributed by atoms with Gasteiger partial charge in [-0.05, 0) is 44.5 Å². The predicted molar refractivity (Wildman–Crippen MR) is 92.5 cm³/mol. The lowest BCUT2D eigenvalue weighted by molar-refractivity contribution is -0.144. The molecule has 0 fully saturated rings. The van der Waals surface area contributed by atoms with Gasteiger partial charge in [-0.2, -0.15) is 13.2 Å². The van der Waals surface area contributed by atoms with Crippen molar-refractivity contribution in [2.24, 2.45) is 0 Å². The maximum absolute atomic E-state index is 12.6. The zero-order chi connectivity index (χ0) is 21.1. The van der Waals surface area contributed by atoms with Gasteiger partial charge < -0.3 is 14.5 Å². The van der Waals surface area contributed by atoms with Crippen molar-refractivity contribution < 1.29 is 37.0 Å². The standard InChI is InChI=1S/C19H18F3NO5/c1-10-17(12(3)24)11(2)23-18(10)15(25)8-28-16(26)9-27-14-6-4-5-13(7-14)19(20,21)22/h4-7,23H,8-9H2,1-3H3. The van der Waals surface area contributed by atoms with Gasteiger partial charge in [0, 0.05) is 11.3 Å². The molecule has 1 aromatic carbocycles. The van der Waals surface area contributed by atoms with E-state index in [-0.39, 0.29) is 17.2 Å². The highest BCUT2D eigenvalue weighted by Crippen LogP contribution is 2.31. The minimum absolute atomic E-state index is 0.153.